The number of likely N-dealkylation sites (tertiary alicyclic amines) is 1. The zero-order chi connectivity index (χ0) is 12.0. The highest BCUT2D eigenvalue weighted by atomic mass is 16.2. The number of nitrogens with zero attached hydrogens (tertiary/aromatic N) is 1. The van der Waals surface area contributed by atoms with Crippen molar-refractivity contribution in [2.24, 2.45) is 11.1 Å². The van der Waals surface area contributed by atoms with Crippen molar-refractivity contribution < 1.29 is 4.79 Å². The molecule has 4 heteroatoms. The van der Waals surface area contributed by atoms with Gasteiger partial charge < -0.3 is 11.1 Å². The molecule has 94 valence electrons. The van der Waals surface area contributed by atoms with E-state index in [1.54, 1.807) is 0 Å². The fraction of sp³-hybridized carbons (Fsp3) is 0.917. The molecule has 16 heavy (non-hydrogen) atoms. The molecule has 1 rings (SSSR count). The van der Waals surface area contributed by atoms with Crippen molar-refractivity contribution in [3.05, 3.63) is 0 Å². The quantitative estimate of drug-likeness (QED) is 0.722. The number of hydrogen-bond acceptors (Lipinski definition) is 3. The molecule has 0 radical (unpaired) electrons. The molecule has 1 aliphatic rings. The van der Waals surface area contributed by atoms with E-state index in [0.29, 0.717) is 6.54 Å². The molecule has 1 amide bonds. The smallest absolute Gasteiger partial charge is 0.234 e. The van der Waals surface area contributed by atoms with Gasteiger partial charge in [-0.25, -0.2) is 0 Å². The number of piperidine rings is 1. The van der Waals surface area contributed by atoms with Gasteiger partial charge in [0.25, 0.3) is 0 Å². The fourth-order valence-electron chi connectivity index (χ4n) is 1.98. The van der Waals surface area contributed by atoms with E-state index in [9.17, 15) is 4.79 Å². The molecule has 0 aromatic rings. The van der Waals surface area contributed by atoms with Crippen LogP contribution in [0.5, 0.6) is 0 Å². The van der Waals surface area contributed by atoms with E-state index in [0.717, 1.165) is 45.4 Å². The monoisotopic (exact) mass is 227 g/mol. The predicted octanol–water partition coefficient (Wildman–Crippen LogP) is 0.573. The maximum atomic E-state index is 11.5. The number of carbonyl (C=O) groups excluding carboxylic acids is 1. The first kappa shape index (κ1) is 13.5. The van der Waals surface area contributed by atoms with Gasteiger partial charge in [-0.3, -0.25) is 9.69 Å². The zero-order valence-electron chi connectivity index (χ0n) is 10.6. The number of carbonyl (C=O) groups is 1. The summed E-state index contributed by atoms with van der Waals surface area (Å²) < 4.78 is 0. The van der Waals surface area contributed by atoms with E-state index in [4.69, 9.17) is 5.73 Å². The Kier molecular flexibility index (Phi) is 5.22. The van der Waals surface area contributed by atoms with Crippen molar-refractivity contribution >= 4 is 5.91 Å². The third-order valence-electron chi connectivity index (χ3n) is 3.50. The van der Waals surface area contributed by atoms with Crippen LogP contribution in [0.15, 0.2) is 0 Å². The number of nitrogens with one attached hydrogen (secondary N) is 1. The summed E-state index contributed by atoms with van der Waals surface area (Å²) in [4.78, 5) is 13.7. The summed E-state index contributed by atoms with van der Waals surface area (Å²) in [6.07, 6.45) is 3.20. The van der Waals surface area contributed by atoms with Crippen LogP contribution in [0.4, 0.5) is 0 Å². The summed E-state index contributed by atoms with van der Waals surface area (Å²) in [6.45, 7) is 8.37. The number of hydrogen-bond donors (Lipinski definition) is 2. The first-order valence-corrected chi connectivity index (χ1v) is 6.29. The largest absolute Gasteiger partial charge is 0.355 e. The third-order valence-corrected chi connectivity index (χ3v) is 3.50. The third kappa shape index (κ3) is 4.10. The molecule has 4 nitrogen and oxygen atoms in total. The Bertz CT molecular complexity index is 222. The molecular formula is C12H25N3O. The van der Waals surface area contributed by atoms with Crippen LogP contribution in [0.1, 0.15) is 33.1 Å². The van der Waals surface area contributed by atoms with Crippen LogP contribution in [0.25, 0.3) is 0 Å². The summed E-state index contributed by atoms with van der Waals surface area (Å²) in [6, 6.07) is 0. The highest BCUT2D eigenvalue weighted by Crippen LogP contribution is 2.28. The van der Waals surface area contributed by atoms with Gasteiger partial charge in [0, 0.05) is 6.54 Å². The second kappa shape index (κ2) is 6.21. The summed E-state index contributed by atoms with van der Waals surface area (Å²) in [5.41, 5.74) is 6.04. The molecule has 3 N–H and O–H groups in total. The zero-order valence-corrected chi connectivity index (χ0v) is 10.6. The summed E-state index contributed by atoms with van der Waals surface area (Å²) >= 11 is 0. The minimum atomic E-state index is 0.151. The maximum absolute atomic E-state index is 11.5. The van der Waals surface area contributed by atoms with Crippen LogP contribution in [0.3, 0.4) is 0 Å². The molecule has 1 fully saturated rings. The van der Waals surface area contributed by atoms with Crippen molar-refractivity contribution in [2.75, 3.05) is 32.7 Å². The van der Waals surface area contributed by atoms with E-state index in [2.05, 4.69) is 24.1 Å². The Morgan fingerprint density at radius 1 is 1.44 bits per heavy atom. The fourth-order valence-corrected chi connectivity index (χ4v) is 1.98. The minimum Gasteiger partial charge on any atom is -0.355 e. The Morgan fingerprint density at radius 3 is 2.56 bits per heavy atom. The van der Waals surface area contributed by atoms with Crippen molar-refractivity contribution in [3.8, 4) is 0 Å². The van der Waals surface area contributed by atoms with Gasteiger partial charge in [0.2, 0.25) is 5.91 Å². The molecule has 0 atom stereocenters. The van der Waals surface area contributed by atoms with Crippen molar-refractivity contribution in [1.29, 1.82) is 0 Å². The normalized spacial score (nSPS) is 20.7. The molecular weight excluding hydrogens is 202 g/mol. The molecule has 0 saturated carbocycles. The summed E-state index contributed by atoms with van der Waals surface area (Å²) in [7, 11) is 0. The van der Waals surface area contributed by atoms with Gasteiger partial charge in [-0.2, -0.15) is 0 Å². The van der Waals surface area contributed by atoms with Crippen LogP contribution in [-0.2, 0) is 4.79 Å². The van der Waals surface area contributed by atoms with E-state index in [-0.39, 0.29) is 11.3 Å². The van der Waals surface area contributed by atoms with Crippen LogP contribution in [0.2, 0.25) is 0 Å². The van der Waals surface area contributed by atoms with Crippen LogP contribution >= 0.6 is 0 Å². The predicted molar refractivity (Wildman–Crippen MR) is 66.1 cm³/mol. The topological polar surface area (TPSA) is 58.4 Å². The summed E-state index contributed by atoms with van der Waals surface area (Å²) in [5.74, 6) is 0.151. The van der Waals surface area contributed by atoms with Gasteiger partial charge >= 0.3 is 0 Å². The molecule has 0 aromatic carbocycles. The average molecular weight is 227 g/mol. The van der Waals surface area contributed by atoms with E-state index in [1.807, 2.05) is 0 Å². The molecule has 0 unspecified atom stereocenters. The second-order valence-corrected chi connectivity index (χ2v) is 5.14. The molecule has 0 aliphatic carbocycles. The van der Waals surface area contributed by atoms with Crippen molar-refractivity contribution in [1.82, 2.24) is 10.2 Å². The van der Waals surface area contributed by atoms with Crippen LogP contribution in [-0.4, -0.2) is 43.5 Å². The van der Waals surface area contributed by atoms with Gasteiger partial charge in [-0.15, -0.1) is 0 Å². The van der Waals surface area contributed by atoms with E-state index < -0.39 is 0 Å². The molecule has 1 heterocycles. The summed E-state index contributed by atoms with van der Waals surface area (Å²) in [5, 5.41) is 2.91. The SMILES string of the molecule is CCCNC(=O)CN1CCC(C)(CN)CC1. The lowest BCUT2D eigenvalue weighted by atomic mass is 9.80. The number of rotatable bonds is 5. The van der Waals surface area contributed by atoms with E-state index in [1.165, 1.54) is 0 Å². The Morgan fingerprint density at radius 2 is 2.06 bits per heavy atom. The molecule has 1 aliphatic heterocycles. The Labute approximate surface area is 98.6 Å². The van der Waals surface area contributed by atoms with Gasteiger partial charge in [0.1, 0.15) is 0 Å². The Hall–Kier alpha value is -0.610. The first-order valence-electron chi connectivity index (χ1n) is 6.29. The lowest BCUT2D eigenvalue weighted by molar-refractivity contribution is -0.122. The average Bonchev–Trinajstić information content (AvgIpc) is 2.30. The van der Waals surface area contributed by atoms with Crippen molar-refractivity contribution in [2.45, 2.75) is 33.1 Å². The maximum Gasteiger partial charge on any atom is 0.234 e. The standard InChI is InChI=1S/C12H25N3O/c1-3-6-14-11(16)9-15-7-4-12(2,10-13)5-8-15/h3-10,13H2,1-2H3,(H,14,16). The van der Waals surface area contributed by atoms with Gasteiger partial charge in [0.05, 0.1) is 6.54 Å². The number of nitrogens with two attached hydrogens (primary N) is 1. The highest BCUT2D eigenvalue weighted by Gasteiger charge is 2.29. The van der Waals surface area contributed by atoms with Gasteiger partial charge in [0.15, 0.2) is 0 Å². The highest BCUT2D eigenvalue weighted by molar-refractivity contribution is 5.77. The lowest BCUT2D eigenvalue weighted by Gasteiger charge is -2.38. The molecule has 0 spiro atoms. The Balaban J connectivity index is 2.24. The second-order valence-electron chi connectivity index (χ2n) is 5.14. The molecule has 1 saturated heterocycles. The lowest BCUT2D eigenvalue weighted by Crippen LogP contribution is -2.46. The molecule has 0 aromatic heterocycles. The van der Waals surface area contributed by atoms with Crippen LogP contribution in [0, 0.1) is 5.41 Å². The van der Waals surface area contributed by atoms with Gasteiger partial charge in [-0.05, 0) is 44.3 Å². The van der Waals surface area contributed by atoms with Crippen LogP contribution < -0.4 is 11.1 Å². The van der Waals surface area contributed by atoms with Gasteiger partial charge in [-0.1, -0.05) is 13.8 Å². The molecule has 0 bridgehead atoms. The van der Waals surface area contributed by atoms with E-state index >= 15 is 0 Å². The first-order chi connectivity index (χ1) is 7.59. The minimum absolute atomic E-state index is 0.151. The van der Waals surface area contributed by atoms with Crippen molar-refractivity contribution in [3.63, 3.8) is 0 Å². The number of amides is 1.